The van der Waals surface area contributed by atoms with Crippen LogP contribution in [0, 0.1) is 0 Å². The lowest BCUT2D eigenvalue weighted by Crippen LogP contribution is -2.23. The SMILES string of the molecule is CCCCOc1ccc(/C=c2/sc3nc(-c4ccccc4)nn3c2=O)cc1OCC. The lowest BCUT2D eigenvalue weighted by atomic mass is 10.2. The summed E-state index contributed by atoms with van der Waals surface area (Å²) < 4.78 is 13.5. The van der Waals surface area contributed by atoms with Crippen LogP contribution in [0.3, 0.4) is 0 Å². The van der Waals surface area contributed by atoms with Gasteiger partial charge in [-0.05, 0) is 37.1 Å². The largest absolute Gasteiger partial charge is 0.490 e. The molecule has 0 aliphatic rings. The minimum Gasteiger partial charge on any atom is -0.490 e. The Morgan fingerprint density at radius 2 is 1.90 bits per heavy atom. The van der Waals surface area contributed by atoms with Gasteiger partial charge < -0.3 is 9.47 Å². The maximum Gasteiger partial charge on any atom is 0.291 e. The molecule has 30 heavy (non-hydrogen) atoms. The fourth-order valence-corrected chi connectivity index (χ4v) is 3.93. The first-order valence-electron chi connectivity index (χ1n) is 10.1. The molecule has 0 saturated heterocycles. The van der Waals surface area contributed by atoms with E-state index in [1.807, 2.05) is 61.5 Å². The van der Waals surface area contributed by atoms with Crippen LogP contribution in [0.4, 0.5) is 0 Å². The molecule has 0 fully saturated rings. The van der Waals surface area contributed by atoms with Gasteiger partial charge in [-0.2, -0.15) is 9.50 Å². The highest BCUT2D eigenvalue weighted by atomic mass is 32.1. The summed E-state index contributed by atoms with van der Waals surface area (Å²) in [6.45, 7) is 5.26. The Hall–Kier alpha value is -3.19. The molecule has 0 spiro atoms. The molecule has 154 valence electrons. The van der Waals surface area contributed by atoms with Crippen LogP contribution in [0.2, 0.25) is 0 Å². The van der Waals surface area contributed by atoms with E-state index >= 15 is 0 Å². The quantitative estimate of drug-likeness (QED) is 0.403. The summed E-state index contributed by atoms with van der Waals surface area (Å²) in [5.74, 6) is 1.96. The van der Waals surface area contributed by atoms with Crippen molar-refractivity contribution in [3.8, 4) is 22.9 Å². The molecule has 0 unspecified atom stereocenters. The van der Waals surface area contributed by atoms with Gasteiger partial charge in [0.05, 0.1) is 17.7 Å². The summed E-state index contributed by atoms with van der Waals surface area (Å²) in [6.07, 6.45) is 3.90. The van der Waals surface area contributed by atoms with E-state index in [4.69, 9.17) is 9.47 Å². The van der Waals surface area contributed by atoms with Crippen LogP contribution in [-0.2, 0) is 0 Å². The lowest BCUT2D eigenvalue weighted by Gasteiger charge is -2.12. The van der Waals surface area contributed by atoms with Crippen LogP contribution >= 0.6 is 11.3 Å². The molecule has 0 aliphatic carbocycles. The number of thiazole rings is 1. The highest BCUT2D eigenvalue weighted by Gasteiger charge is 2.12. The molecule has 0 radical (unpaired) electrons. The topological polar surface area (TPSA) is 65.7 Å². The first-order chi connectivity index (χ1) is 14.7. The van der Waals surface area contributed by atoms with Gasteiger partial charge in [-0.15, -0.1) is 5.10 Å². The number of nitrogens with zero attached hydrogens (tertiary/aromatic N) is 3. The molecular formula is C23H23N3O3S. The Balaban J connectivity index is 1.67. The predicted molar refractivity (Wildman–Crippen MR) is 119 cm³/mol. The van der Waals surface area contributed by atoms with Crippen molar-refractivity contribution in [3.63, 3.8) is 0 Å². The number of hydrogen-bond donors (Lipinski definition) is 0. The summed E-state index contributed by atoms with van der Waals surface area (Å²) in [5, 5.41) is 4.39. The van der Waals surface area contributed by atoms with Gasteiger partial charge in [0.15, 0.2) is 17.3 Å². The zero-order valence-electron chi connectivity index (χ0n) is 17.0. The van der Waals surface area contributed by atoms with Crippen molar-refractivity contribution >= 4 is 22.4 Å². The summed E-state index contributed by atoms with van der Waals surface area (Å²) in [7, 11) is 0. The van der Waals surface area contributed by atoms with Crippen molar-refractivity contribution in [2.45, 2.75) is 26.7 Å². The van der Waals surface area contributed by atoms with Crippen LogP contribution in [-0.4, -0.2) is 27.8 Å². The van der Waals surface area contributed by atoms with E-state index in [0.717, 1.165) is 29.7 Å². The maximum absolute atomic E-state index is 12.8. The molecule has 0 N–H and O–H groups in total. The third kappa shape index (κ3) is 4.21. The molecule has 7 heteroatoms. The number of hydrogen-bond acceptors (Lipinski definition) is 6. The molecule has 0 atom stereocenters. The van der Waals surface area contributed by atoms with Crippen LogP contribution in [0.5, 0.6) is 11.5 Å². The van der Waals surface area contributed by atoms with Crippen molar-refractivity contribution < 1.29 is 9.47 Å². The van der Waals surface area contributed by atoms with Gasteiger partial charge in [0, 0.05) is 5.56 Å². The van der Waals surface area contributed by atoms with E-state index in [9.17, 15) is 4.79 Å². The third-order valence-corrected chi connectivity index (χ3v) is 5.49. The Morgan fingerprint density at radius 1 is 1.07 bits per heavy atom. The molecule has 0 saturated carbocycles. The third-order valence-electron chi connectivity index (χ3n) is 4.53. The molecule has 6 nitrogen and oxygen atoms in total. The van der Waals surface area contributed by atoms with E-state index in [1.54, 1.807) is 0 Å². The molecule has 0 bridgehead atoms. The van der Waals surface area contributed by atoms with Crippen LogP contribution < -0.4 is 19.6 Å². The van der Waals surface area contributed by atoms with E-state index in [0.29, 0.717) is 34.3 Å². The molecule has 4 aromatic rings. The standard InChI is InChI=1S/C23H23N3O3S/c1-3-5-13-29-18-12-11-16(14-19(18)28-4-2)15-20-22(27)26-23(30-20)24-21(25-26)17-9-7-6-8-10-17/h6-12,14-15H,3-5,13H2,1-2H3/b20-15+. The summed E-state index contributed by atoms with van der Waals surface area (Å²) in [6, 6.07) is 15.4. The number of fused-ring (bicyclic) bond motifs is 1. The molecule has 4 rings (SSSR count). The second-order valence-electron chi connectivity index (χ2n) is 6.75. The van der Waals surface area contributed by atoms with Crippen LogP contribution in [0.25, 0.3) is 22.4 Å². The molecule has 2 aromatic heterocycles. The molecule has 0 aliphatic heterocycles. The van der Waals surface area contributed by atoms with Gasteiger partial charge in [-0.25, -0.2) is 0 Å². The Kier molecular flexibility index (Phi) is 6.09. The van der Waals surface area contributed by atoms with Gasteiger partial charge >= 0.3 is 0 Å². The number of unbranched alkanes of at least 4 members (excludes halogenated alkanes) is 1. The molecule has 2 aromatic carbocycles. The van der Waals surface area contributed by atoms with Crippen molar-refractivity contribution in [1.29, 1.82) is 0 Å². The minimum atomic E-state index is -0.175. The first-order valence-corrected chi connectivity index (χ1v) is 10.9. The lowest BCUT2D eigenvalue weighted by molar-refractivity contribution is 0.272. The number of rotatable bonds is 8. The van der Waals surface area contributed by atoms with E-state index in [-0.39, 0.29) is 5.56 Å². The Morgan fingerprint density at radius 3 is 2.63 bits per heavy atom. The van der Waals surface area contributed by atoms with Crippen molar-refractivity contribution in [1.82, 2.24) is 14.6 Å². The Labute approximate surface area is 178 Å². The fraction of sp³-hybridized carbons (Fsp3) is 0.261. The second kappa shape index (κ2) is 9.09. The average Bonchev–Trinajstić information content (AvgIpc) is 3.30. The van der Waals surface area contributed by atoms with Crippen molar-refractivity contribution in [2.75, 3.05) is 13.2 Å². The van der Waals surface area contributed by atoms with E-state index < -0.39 is 0 Å². The number of ether oxygens (including phenoxy) is 2. The van der Waals surface area contributed by atoms with E-state index in [1.165, 1.54) is 15.9 Å². The number of aromatic nitrogens is 3. The van der Waals surface area contributed by atoms with Gasteiger partial charge in [0.2, 0.25) is 4.96 Å². The van der Waals surface area contributed by atoms with Gasteiger partial charge in [0.25, 0.3) is 5.56 Å². The minimum absolute atomic E-state index is 0.175. The van der Waals surface area contributed by atoms with Crippen molar-refractivity contribution in [3.05, 3.63) is 69.0 Å². The summed E-state index contributed by atoms with van der Waals surface area (Å²) in [5.41, 5.74) is 1.58. The average molecular weight is 422 g/mol. The molecular weight excluding hydrogens is 398 g/mol. The molecule has 0 amide bonds. The zero-order chi connectivity index (χ0) is 20.9. The summed E-state index contributed by atoms with van der Waals surface area (Å²) in [4.78, 5) is 17.9. The highest BCUT2D eigenvalue weighted by molar-refractivity contribution is 7.15. The summed E-state index contributed by atoms with van der Waals surface area (Å²) >= 11 is 1.32. The number of benzene rings is 2. The zero-order valence-corrected chi connectivity index (χ0v) is 17.8. The van der Waals surface area contributed by atoms with Crippen LogP contribution in [0.15, 0.2) is 53.3 Å². The normalized spacial score (nSPS) is 11.9. The van der Waals surface area contributed by atoms with E-state index in [2.05, 4.69) is 17.0 Å². The predicted octanol–water partition coefficient (Wildman–Crippen LogP) is 3.94. The first kappa shape index (κ1) is 20.1. The highest BCUT2D eigenvalue weighted by Crippen LogP contribution is 2.29. The Bertz CT molecular complexity index is 1250. The van der Waals surface area contributed by atoms with Gasteiger partial charge in [-0.1, -0.05) is 61.1 Å². The monoisotopic (exact) mass is 421 g/mol. The maximum atomic E-state index is 12.8. The fourth-order valence-electron chi connectivity index (χ4n) is 3.02. The van der Waals surface area contributed by atoms with Crippen LogP contribution in [0.1, 0.15) is 32.3 Å². The smallest absolute Gasteiger partial charge is 0.291 e. The van der Waals surface area contributed by atoms with Gasteiger partial charge in [-0.3, -0.25) is 4.79 Å². The van der Waals surface area contributed by atoms with Gasteiger partial charge in [0.1, 0.15) is 0 Å². The second-order valence-corrected chi connectivity index (χ2v) is 7.76. The van der Waals surface area contributed by atoms with Crippen molar-refractivity contribution in [2.24, 2.45) is 0 Å². The molecule has 2 heterocycles.